The zero-order valence-corrected chi connectivity index (χ0v) is 8.80. The van der Waals surface area contributed by atoms with Gasteiger partial charge in [0.15, 0.2) is 5.82 Å². The van der Waals surface area contributed by atoms with E-state index in [-0.39, 0.29) is 6.61 Å². The van der Waals surface area contributed by atoms with Crippen LogP contribution in [-0.4, -0.2) is 22.5 Å². The molecule has 6 nitrogen and oxygen atoms in total. The molecule has 0 spiro atoms. The molecule has 3 N–H and O–H groups in total. The first-order valence-electron chi connectivity index (χ1n) is 4.71. The minimum absolute atomic E-state index is 0.273. The number of nitrogens with two attached hydrogens (primary N) is 1. The highest BCUT2D eigenvalue weighted by molar-refractivity contribution is 5.34. The molecule has 2 aromatic rings. The highest BCUT2D eigenvalue weighted by Gasteiger charge is 2.04. The van der Waals surface area contributed by atoms with Gasteiger partial charge in [0, 0.05) is 6.07 Å². The lowest BCUT2D eigenvalue weighted by atomic mass is 10.3. The zero-order valence-electron chi connectivity index (χ0n) is 8.80. The number of methoxy groups -OCH3 is 1. The van der Waals surface area contributed by atoms with Gasteiger partial charge in [-0.3, -0.25) is 0 Å². The van der Waals surface area contributed by atoms with Crippen molar-refractivity contribution in [3.63, 3.8) is 0 Å². The van der Waals surface area contributed by atoms with E-state index in [1.54, 1.807) is 13.2 Å². The molecule has 0 aliphatic rings. The monoisotopic (exact) mass is 220 g/mol. The number of rotatable bonds is 4. The number of H-pyrrole nitrogens is 1. The van der Waals surface area contributed by atoms with Gasteiger partial charge < -0.3 is 15.2 Å². The summed E-state index contributed by atoms with van der Waals surface area (Å²) in [5.74, 6) is 1.79. The first-order chi connectivity index (χ1) is 7.79. The molecule has 16 heavy (non-hydrogen) atoms. The summed E-state index contributed by atoms with van der Waals surface area (Å²) in [7, 11) is 1.61. The van der Waals surface area contributed by atoms with Crippen LogP contribution in [0.4, 0.5) is 5.82 Å². The molecule has 0 amide bonds. The number of nitrogens with one attached hydrogen (secondary N) is 1. The van der Waals surface area contributed by atoms with E-state index in [1.165, 1.54) is 0 Å². The van der Waals surface area contributed by atoms with E-state index in [0.717, 1.165) is 5.75 Å². The van der Waals surface area contributed by atoms with Crippen LogP contribution in [0.5, 0.6) is 11.5 Å². The molecular formula is C10H12N4O2. The van der Waals surface area contributed by atoms with Gasteiger partial charge in [-0.05, 0) is 12.1 Å². The first kappa shape index (κ1) is 10.3. The predicted molar refractivity (Wildman–Crippen MR) is 58.1 cm³/mol. The Labute approximate surface area is 92.4 Å². The number of aromatic nitrogens is 3. The van der Waals surface area contributed by atoms with Crippen LogP contribution < -0.4 is 15.2 Å². The molecule has 0 fully saturated rings. The maximum Gasteiger partial charge on any atom is 0.172 e. The molecule has 0 atom stereocenters. The average Bonchev–Trinajstić information content (AvgIpc) is 2.72. The van der Waals surface area contributed by atoms with Gasteiger partial charge in [-0.25, -0.2) is 0 Å². The topological polar surface area (TPSA) is 86.0 Å². The minimum Gasteiger partial charge on any atom is -0.497 e. The van der Waals surface area contributed by atoms with E-state index < -0.39 is 0 Å². The lowest BCUT2D eigenvalue weighted by molar-refractivity contribution is 0.299. The third-order valence-corrected chi connectivity index (χ3v) is 2.07. The Balaban J connectivity index is 2.02. The summed E-state index contributed by atoms with van der Waals surface area (Å²) in [6.07, 6.45) is 0. The third-order valence-electron chi connectivity index (χ3n) is 2.07. The molecule has 0 radical (unpaired) electrons. The number of nitrogen functional groups attached to an aromatic ring is 1. The summed E-state index contributed by atoms with van der Waals surface area (Å²) in [4.78, 5) is 0. The van der Waals surface area contributed by atoms with Gasteiger partial charge in [-0.2, -0.15) is 10.3 Å². The Hall–Kier alpha value is -2.24. The fourth-order valence-electron chi connectivity index (χ4n) is 1.21. The Morgan fingerprint density at radius 1 is 1.31 bits per heavy atom. The number of aromatic amines is 1. The van der Waals surface area contributed by atoms with E-state index in [9.17, 15) is 0 Å². The van der Waals surface area contributed by atoms with Crippen LogP contribution in [0.25, 0.3) is 0 Å². The molecule has 0 unspecified atom stereocenters. The van der Waals surface area contributed by atoms with Crippen molar-refractivity contribution in [3.8, 4) is 11.5 Å². The Bertz CT molecular complexity index is 469. The summed E-state index contributed by atoms with van der Waals surface area (Å²) in [6, 6.07) is 7.31. The van der Waals surface area contributed by atoms with Crippen LogP contribution in [0.1, 0.15) is 5.69 Å². The Morgan fingerprint density at radius 3 is 2.81 bits per heavy atom. The molecule has 2 rings (SSSR count). The fraction of sp³-hybridized carbons (Fsp3) is 0.200. The molecule has 6 heteroatoms. The largest absolute Gasteiger partial charge is 0.497 e. The number of ether oxygens (including phenoxy) is 2. The molecule has 0 saturated carbocycles. The van der Waals surface area contributed by atoms with Crippen molar-refractivity contribution < 1.29 is 9.47 Å². The normalized spacial score (nSPS) is 10.1. The maximum atomic E-state index is 5.55. The SMILES string of the molecule is COc1cccc(OCc2n[nH]nc2N)c1. The van der Waals surface area contributed by atoms with E-state index in [2.05, 4.69) is 15.4 Å². The lowest BCUT2D eigenvalue weighted by Crippen LogP contribution is -1.99. The molecule has 0 aliphatic carbocycles. The third kappa shape index (κ3) is 2.22. The second-order valence-corrected chi connectivity index (χ2v) is 3.12. The Kier molecular flexibility index (Phi) is 2.90. The summed E-state index contributed by atoms with van der Waals surface area (Å²) in [5.41, 5.74) is 6.14. The van der Waals surface area contributed by atoms with Crippen molar-refractivity contribution in [3.05, 3.63) is 30.0 Å². The number of nitrogens with zero attached hydrogens (tertiary/aromatic N) is 2. The van der Waals surface area contributed by atoms with Crippen LogP contribution in [0.2, 0.25) is 0 Å². The van der Waals surface area contributed by atoms with E-state index in [0.29, 0.717) is 17.3 Å². The standard InChI is InChI=1S/C10H12N4O2/c1-15-7-3-2-4-8(5-7)16-6-9-10(11)13-14-12-9/h2-5H,6H2,1H3,(H3,11,12,13,14). The van der Waals surface area contributed by atoms with Crippen LogP contribution in [0, 0.1) is 0 Å². The highest BCUT2D eigenvalue weighted by atomic mass is 16.5. The van der Waals surface area contributed by atoms with Gasteiger partial charge in [0.25, 0.3) is 0 Å². The first-order valence-corrected chi connectivity index (χ1v) is 4.71. The quantitative estimate of drug-likeness (QED) is 0.801. The summed E-state index contributed by atoms with van der Waals surface area (Å²) in [5, 5.41) is 9.98. The van der Waals surface area contributed by atoms with E-state index in [4.69, 9.17) is 15.2 Å². The molecule has 0 aliphatic heterocycles. The molecule has 1 aromatic heterocycles. The van der Waals surface area contributed by atoms with Crippen LogP contribution in [0.3, 0.4) is 0 Å². The molecular weight excluding hydrogens is 208 g/mol. The number of hydrogen-bond acceptors (Lipinski definition) is 5. The van der Waals surface area contributed by atoms with E-state index in [1.807, 2.05) is 18.2 Å². The number of hydrogen-bond donors (Lipinski definition) is 2. The van der Waals surface area contributed by atoms with Crippen molar-refractivity contribution in [2.75, 3.05) is 12.8 Å². The lowest BCUT2D eigenvalue weighted by Gasteiger charge is -2.05. The van der Waals surface area contributed by atoms with Gasteiger partial charge in [0.2, 0.25) is 0 Å². The van der Waals surface area contributed by atoms with Crippen molar-refractivity contribution in [2.45, 2.75) is 6.61 Å². The maximum absolute atomic E-state index is 5.55. The minimum atomic E-state index is 0.273. The smallest absolute Gasteiger partial charge is 0.172 e. The molecule has 1 aromatic carbocycles. The van der Waals surface area contributed by atoms with Crippen molar-refractivity contribution in [1.29, 1.82) is 0 Å². The van der Waals surface area contributed by atoms with Gasteiger partial charge in [-0.1, -0.05) is 6.07 Å². The molecule has 1 heterocycles. The zero-order chi connectivity index (χ0) is 11.4. The van der Waals surface area contributed by atoms with Crippen molar-refractivity contribution >= 4 is 5.82 Å². The van der Waals surface area contributed by atoms with Gasteiger partial charge in [-0.15, -0.1) is 5.10 Å². The van der Waals surface area contributed by atoms with Crippen LogP contribution >= 0.6 is 0 Å². The predicted octanol–water partition coefficient (Wildman–Crippen LogP) is 0.974. The van der Waals surface area contributed by atoms with Crippen LogP contribution in [-0.2, 0) is 6.61 Å². The second kappa shape index (κ2) is 4.52. The van der Waals surface area contributed by atoms with Gasteiger partial charge >= 0.3 is 0 Å². The Morgan fingerprint density at radius 2 is 2.12 bits per heavy atom. The average molecular weight is 220 g/mol. The molecule has 84 valence electrons. The highest BCUT2D eigenvalue weighted by Crippen LogP contribution is 2.20. The van der Waals surface area contributed by atoms with Gasteiger partial charge in [0.05, 0.1) is 7.11 Å². The summed E-state index contributed by atoms with van der Waals surface area (Å²) < 4.78 is 10.6. The van der Waals surface area contributed by atoms with E-state index >= 15 is 0 Å². The van der Waals surface area contributed by atoms with Gasteiger partial charge in [0.1, 0.15) is 23.8 Å². The summed E-state index contributed by atoms with van der Waals surface area (Å²) >= 11 is 0. The number of benzene rings is 1. The molecule has 0 bridgehead atoms. The second-order valence-electron chi connectivity index (χ2n) is 3.12. The van der Waals surface area contributed by atoms with Crippen LogP contribution in [0.15, 0.2) is 24.3 Å². The number of anilines is 1. The molecule has 0 saturated heterocycles. The summed E-state index contributed by atoms with van der Waals surface area (Å²) in [6.45, 7) is 0.273. The van der Waals surface area contributed by atoms with Crippen molar-refractivity contribution in [2.24, 2.45) is 0 Å². The van der Waals surface area contributed by atoms with Crippen molar-refractivity contribution in [1.82, 2.24) is 15.4 Å². The fourth-order valence-corrected chi connectivity index (χ4v) is 1.21.